The van der Waals surface area contributed by atoms with Crippen LogP contribution in [0, 0.1) is 18.3 Å². The van der Waals surface area contributed by atoms with Crippen LogP contribution in [0.2, 0.25) is 5.02 Å². The number of amides is 1. The van der Waals surface area contributed by atoms with Gasteiger partial charge in [0.25, 0.3) is 5.91 Å². The van der Waals surface area contributed by atoms with Gasteiger partial charge >= 0.3 is 0 Å². The quantitative estimate of drug-likeness (QED) is 0.901. The van der Waals surface area contributed by atoms with Crippen LogP contribution in [-0.2, 0) is 0 Å². The highest BCUT2D eigenvalue weighted by Crippen LogP contribution is 2.23. The fourth-order valence-electron chi connectivity index (χ4n) is 1.40. The number of halogens is 1. The van der Waals surface area contributed by atoms with Crippen molar-refractivity contribution in [3.05, 3.63) is 46.3 Å². The van der Waals surface area contributed by atoms with Gasteiger partial charge in [-0.3, -0.25) is 4.79 Å². The maximum absolute atomic E-state index is 11.9. The highest BCUT2D eigenvalue weighted by atomic mass is 35.5. The molecule has 5 nitrogen and oxygen atoms in total. The van der Waals surface area contributed by atoms with Gasteiger partial charge in [-0.15, -0.1) is 0 Å². The summed E-state index contributed by atoms with van der Waals surface area (Å²) in [6.45, 7) is 1.63. The summed E-state index contributed by atoms with van der Waals surface area (Å²) in [6.07, 6.45) is 1.33. The number of carbonyl (C=O) groups is 1. The Balaban J connectivity index is 2.27. The van der Waals surface area contributed by atoms with Crippen LogP contribution in [-0.4, -0.2) is 11.1 Å². The van der Waals surface area contributed by atoms with Crippen molar-refractivity contribution in [1.29, 1.82) is 5.26 Å². The van der Waals surface area contributed by atoms with Crippen LogP contribution >= 0.6 is 11.6 Å². The molecule has 0 saturated heterocycles. The lowest BCUT2D eigenvalue weighted by molar-refractivity contribution is 0.102. The van der Waals surface area contributed by atoms with Gasteiger partial charge in [0.15, 0.2) is 0 Å². The molecule has 18 heavy (non-hydrogen) atoms. The standard InChI is InChI=1S/C12H8ClN3O2/c1-7-9(6-15-18-7)12(17)16-11-4-8(5-14)2-3-10(11)13/h2-4,6H,1H3,(H,16,17). The first-order valence-electron chi connectivity index (χ1n) is 5.04. The molecule has 0 aliphatic heterocycles. The maximum atomic E-state index is 11.9. The van der Waals surface area contributed by atoms with Crippen LogP contribution in [0.4, 0.5) is 5.69 Å². The first-order chi connectivity index (χ1) is 8.61. The summed E-state index contributed by atoms with van der Waals surface area (Å²) in [5, 5.41) is 15.3. The summed E-state index contributed by atoms with van der Waals surface area (Å²) in [7, 11) is 0. The first-order valence-corrected chi connectivity index (χ1v) is 5.42. The van der Waals surface area contributed by atoms with Crippen LogP contribution in [0.25, 0.3) is 0 Å². The molecule has 1 heterocycles. The minimum atomic E-state index is -0.384. The fourth-order valence-corrected chi connectivity index (χ4v) is 1.56. The highest BCUT2D eigenvalue weighted by Gasteiger charge is 2.14. The predicted octanol–water partition coefficient (Wildman–Crippen LogP) is 2.76. The second kappa shape index (κ2) is 4.90. The van der Waals surface area contributed by atoms with Crippen molar-refractivity contribution in [2.45, 2.75) is 6.92 Å². The van der Waals surface area contributed by atoms with Gasteiger partial charge < -0.3 is 9.84 Å². The van der Waals surface area contributed by atoms with Crippen molar-refractivity contribution in [1.82, 2.24) is 5.16 Å². The Labute approximate surface area is 108 Å². The average Bonchev–Trinajstić information content (AvgIpc) is 2.78. The second-order valence-electron chi connectivity index (χ2n) is 3.56. The molecule has 0 aliphatic rings. The number of anilines is 1. The third-order valence-corrected chi connectivity index (χ3v) is 2.67. The summed E-state index contributed by atoms with van der Waals surface area (Å²) in [6, 6.07) is 6.60. The monoisotopic (exact) mass is 261 g/mol. The van der Waals surface area contributed by atoms with E-state index < -0.39 is 0 Å². The van der Waals surface area contributed by atoms with Crippen molar-refractivity contribution in [2.24, 2.45) is 0 Å². The Hall–Kier alpha value is -2.32. The van der Waals surface area contributed by atoms with E-state index in [1.54, 1.807) is 19.1 Å². The molecule has 0 unspecified atom stereocenters. The highest BCUT2D eigenvalue weighted by molar-refractivity contribution is 6.34. The van der Waals surface area contributed by atoms with Gasteiger partial charge in [-0.05, 0) is 25.1 Å². The summed E-state index contributed by atoms with van der Waals surface area (Å²) in [4.78, 5) is 11.9. The normalized spacial score (nSPS) is 9.83. The Morgan fingerprint density at radius 1 is 1.56 bits per heavy atom. The van der Waals surface area contributed by atoms with Crippen LogP contribution in [0.15, 0.2) is 28.9 Å². The molecule has 2 rings (SSSR count). The number of nitrogens with one attached hydrogen (secondary N) is 1. The zero-order valence-corrected chi connectivity index (χ0v) is 10.2. The van der Waals surface area contributed by atoms with Crippen LogP contribution in [0.5, 0.6) is 0 Å². The van der Waals surface area contributed by atoms with Crippen molar-refractivity contribution < 1.29 is 9.32 Å². The van der Waals surface area contributed by atoms with Crippen molar-refractivity contribution in [2.75, 3.05) is 5.32 Å². The van der Waals surface area contributed by atoms with Gasteiger partial charge in [-0.1, -0.05) is 16.8 Å². The fraction of sp³-hybridized carbons (Fsp3) is 0.0833. The minimum absolute atomic E-state index is 0.327. The minimum Gasteiger partial charge on any atom is -0.361 e. The van der Waals surface area contributed by atoms with Gasteiger partial charge in [-0.2, -0.15) is 5.26 Å². The van der Waals surface area contributed by atoms with E-state index >= 15 is 0 Å². The Morgan fingerprint density at radius 3 is 2.94 bits per heavy atom. The number of aromatic nitrogens is 1. The maximum Gasteiger partial charge on any atom is 0.260 e. The molecule has 1 aromatic carbocycles. The lowest BCUT2D eigenvalue weighted by atomic mass is 10.2. The van der Waals surface area contributed by atoms with E-state index in [0.717, 1.165) is 0 Å². The lowest BCUT2D eigenvalue weighted by Gasteiger charge is -2.06. The van der Waals surface area contributed by atoms with Crippen LogP contribution in [0.1, 0.15) is 21.7 Å². The molecule has 0 fully saturated rings. The predicted molar refractivity (Wildman–Crippen MR) is 65.4 cm³/mol. The summed E-state index contributed by atoms with van der Waals surface area (Å²) in [5.74, 6) is 0.0331. The third kappa shape index (κ3) is 2.34. The van der Waals surface area contributed by atoms with E-state index in [1.165, 1.54) is 12.3 Å². The number of nitriles is 1. The number of hydrogen-bond acceptors (Lipinski definition) is 4. The zero-order chi connectivity index (χ0) is 13.1. The second-order valence-corrected chi connectivity index (χ2v) is 3.96. The van der Waals surface area contributed by atoms with E-state index in [1.807, 2.05) is 6.07 Å². The van der Waals surface area contributed by atoms with Crippen molar-refractivity contribution >= 4 is 23.2 Å². The molecule has 1 amide bonds. The molecular weight excluding hydrogens is 254 g/mol. The number of rotatable bonds is 2. The summed E-state index contributed by atoms with van der Waals surface area (Å²) in [5.41, 5.74) is 1.12. The van der Waals surface area contributed by atoms with Gasteiger partial charge in [0, 0.05) is 0 Å². The number of carbonyl (C=O) groups excluding carboxylic acids is 1. The number of aryl methyl sites for hydroxylation is 1. The molecule has 0 aliphatic carbocycles. The lowest BCUT2D eigenvalue weighted by Crippen LogP contribution is -2.12. The smallest absolute Gasteiger partial charge is 0.260 e. The molecule has 6 heteroatoms. The molecule has 0 spiro atoms. The van der Waals surface area contributed by atoms with Gasteiger partial charge in [0.1, 0.15) is 11.3 Å². The SMILES string of the molecule is Cc1oncc1C(=O)Nc1cc(C#N)ccc1Cl. The Morgan fingerprint density at radius 2 is 2.33 bits per heavy atom. The number of nitrogens with zero attached hydrogens (tertiary/aromatic N) is 2. The summed E-state index contributed by atoms with van der Waals surface area (Å²) >= 11 is 5.94. The number of benzene rings is 1. The summed E-state index contributed by atoms with van der Waals surface area (Å²) < 4.78 is 4.80. The third-order valence-electron chi connectivity index (χ3n) is 2.34. The topological polar surface area (TPSA) is 78.9 Å². The average molecular weight is 262 g/mol. The van der Waals surface area contributed by atoms with E-state index in [9.17, 15) is 4.79 Å². The van der Waals surface area contributed by atoms with E-state index in [2.05, 4.69) is 10.5 Å². The largest absolute Gasteiger partial charge is 0.361 e. The van der Waals surface area contributed by atoms with E-state index in [-0.39, 0.29) is 5.91 Å². The van der Waals surface area contributed by atoms with Crippen molar-refractivity contribution in [3.63, 3.8) is 0 Å². The molecule has 2 aromatic rings. The molecule has 0 bridgehead atoms. The molecule has 0 saturated carbocycles. The Bertz CT molecular complexity index is 643. The van der Waals surface area contributed by atoms with Gasteiger partial charge in [0.05, 0.1) is 28.5 Å². The van der Waals surface area contributed by atoms with Crippen molar-refractivity contribution in [3.8, 4) is 6.07 Å². The molecule has 90 valence electrons. The molecular formula is C12H8ClN3O2. The molecule has 1 aromatic heterocycles. The zero-order valence-electron chi connectivity index (χ0n) is 9.40. The molecule has 0 radical (unpaired) electrons. The van der Waals surface area contributed by atoms with Gasteiger partial charge in [0.2, 0.25) is 0 Å². The molecule has 0 atom stereocenters. The van der Waals surface area contributed by atoms with Crippen LogP contribution in [0.3, 0.4) is 0 Å². The number of hydrogen-bond donors (Lipinski definition) is 1. The molecule has 1 N–H and O–H groups in total. The van der Waals surface area contributed by atoms with E-state index in [4.69, 9.17) is 21.4 Å². The Kier molecular flexibility index (Phi) is 3.31. The van der Waals surface area contributed by atoms with Crippen LogP contribution < -0.4 is 5.32 Å². The van der Waals surface area contributed by atoms with E-state index in [0.29, 0.717) is 27.6 Å². The first kappa shape index (κ1) is 12.1. The van der Waals surface area contributed by atoms with Gasteiger partial charge in [-0.25, -0.2) is 0 Å².